The van der Waals surface area contributed by atoms with Crippen LogP contribution in [0.2, 0.25) is 0 Å². The number of carbonyl (C=O) groups excluding carboxylic acids is 2. The molecule has 0 saturated heterocycles. The number of aromatic nitrogens is 1. The van der Waals surface area contributed by atoms with Gasteiger partial charge in [-0.1, -0.05) is 36.4 Å². The molecular formula is C21H22N2O3S2. The Balaban J connectivity index is 1.76. The Hall–Kier alpha value is -2.51. The van der Waals surface area contributed by atoms with Crippen molar-refractivity contribution in [1.82, 2.24) is 9.88 Å². The number of rotatable bonds is 8. The van der Waals surface area contributed by atoms with Crippen LogP contribution >= 0.6 is 22.7 Å². The van der Waals surface area contributed by atoms with Crippen LogP contribution in [-0.4, -0.2) is 41.5 Å². The molecule has 0 N–H and O–H groups in total. The molecule has 7 heteroatoms. The van der Waals surface area contributed by atoms with Crippen molar-refractivity contribution in [3.05, 3.63) is 52.7 Å². The van der Waals surface area contributed by atoms with Gasteiger partial charge in [-0.2, -0.15) is 0 Å². The van der Waals surface area contributed by atoms with Crippen LogP contribution in [0.3, 0.4) is 0 Å². The van der Waals surface area contributed by atoms with Crippen LogP contribution < -0.4 is 0 Å². The number of likely N-dealkylation sites (N-methyl/N-ethyl adjacent to an activating group) is 1. The number of nitrogens with zero attached hydrogens (tertiary/aromatic N) is 2. The van der Waals surface area contributed by atoms with E-state index in [1.165, 1.54) is 11.3 Å². The highest BCUT2D eigenvalue weighted by Gasteiger charge is 2.19. The maximum absolute atomic E-state index is 12.4. The van der Waals surface area contributed by atoms with Gasteiger partial charge in [0.05, 0.1) is 17.0 Å². The van der Waals surface area contributed by atoms with Crippen LogP contribution in [0.5, 0.6) is 0 Å². The Morgan fingerprint density at radius 2 is 1.82 bits per heavy atom. The average molecular weight is 415 g/mol. The van der Waals surface area contributed by atoms with E-state index in [1.54, 1.807) is 16.2 Å². The normalized spacial score (nSPS) is 10.6. The third-order valence-corrected chi connectivity index (χ3v) is 6.23. The van der Waals surface area contributed by atoms with Gasteiger partial charge in [-0.05, 0) is 25.3 Å². The molecule has 0 unspecified atom stereocenters. The van der Waals surface area contributed by atoms with E-state index in [2.05, 4.69) is 0 Å². The van der Waals surface area contributed by atoms with Gasteiger partial charge in [-0.25, -0.2) is 4.98 Å². The lowest BCUT2D eigenvalue weighted by Crippen LogP contribution is -2.34. The fourth-order valence-corrected chi connectivity index (χ4v) is 4.65. The van der Waals surface area contributed by atoms with Crippen LogP contribution in [0.1, 0.15) is 18.7 Å². The van der Waals surface area contributed by atoms with Gasteiger partial charge < -0.3 is 9.64 Å². The highest BCUT2D eigenvalue weighted by atomic mass is 32.1. The minimum Gasteiger partial charge on any atom is -0.455 e. The number of carbonyl (C=O) groups is 2. The first kappa shape index (κ1) is 20.2. The molecule has 1 amide bonds. The largest absolute Gasteiger partial charge is 0.455 e. The Kier molecular flexibility index (Phi) is 6.95. The Morgan fingerprint density at radius 3 is 2.46 bits per heavy atom. The molecule has 2 aromatic heterocycles. The number of ether oxygens (including phenoxy) is 1. The standard InChI is InChI=1S/C21H22N2O3S2/c1-3-23(4-2)18(24)14-26-19(25)13-17-20(16-11-8-12-27-16)22-21(28-17)15-9-6-5-7-10-15/h5-12H,3-4,13-14H2,1-2H3. The molecular weight excluding hydrogens is 392 g/mol. The second-order valence-corrected chi connectivity index (χ2v) is 8.07. The number of benzene rings is 1. The lowest BCUT2D eigenvalue weighted by atomic mass is 10.2. The van der Waals surface area contributed by atoms with E-state index in [9.17, 15) is 9.59 Å². The molecule has 0 aliphatic carbocycles. The monoisotopic (exact) mass is 414 g/mol. The summed E-state index contributed by atoms with van der Waals surface area (Å²) in [6, 6.07) is 13.9. The Labute approximate surface area is 172 Å². The van der Waals surface area contributed by atoms with Crippen molar-refractivity contribution in [1.29, 1.82) is 0 Å². The Morgan fingerprint density at radius 1 is 1.07 bits per heavy atom. The van der Waals surface area contributed by atoms with E-state index in [0.29, 0.717) is 13.1 Å². The maximum Gasteiger partial charge on any atom is 0.311 e. The molecule has 0 bridgehead atoms. The molecule has 3 aromatic rings. The third kappa shape index (κ3) is 4.85. The summed E-state index contributed by atoms with van der Waals surface area (Å²) in [7, 11) is 0. The minimum absolute atomic E-state index is 0.100. The van der Waals surface area contributed by atoms with E-state index >= 15 is 0 Å². The smallest absolute Gasteiger partial charge is 0.311 e. The van der Waals surface area contributed by atoms with E-state index in [-0.39, 0.29) is 18.9 Å². The second kappa shape index (κ2) is 9.61. The van der Waals surface area contributed by atoms with Gasteiger partial charge in [-0.15, -0.1) is 22.7 Å². The predicted molar refractivity (Wildman–Crippen MR) is 113 cm³/mol. The van der Waals surface area contributed by atoms with Crippen LogP contribution in [0.15, 0.2) is 47.8 Å². The summed E-state index contributed by atoms with van der Waals surface area (Å²) in [5, 5.41) is 2.85. The van der Waals surface area contributed by atoms with Crippen molar-refractivity contribution < 1.29 is 14.3 Å². The molecule has 3 rings (SSSR count). The first-order valence-electron chi connectivity index (χ1n) is 9.14. The molecule has 2 heterocycles. The van der Waals surface area contributed by atoms with Crippen molar-refractivity contribution in [2.75, 3.05) is 19.7 Å². The highest BCUT2D eigenvalue weighted by molar-refractivity contribution is 7.17. The predicted octanol–water partition coefficient (Wildman–Crippen LogP) is 4.49. The molecule has 28 heavy (non-hydrogen) atoms. The van der Waals surface area contributed by atoms with Crippen LogP contribution in [0.25, 0.3) is 21.1 Å². The second-order valence-electron chi connectivity index (χ2n) is 6.04. The third-order valence-electron chi connectivity index (χ3n) is 4.25. The quantitative estimate of drug-likeness (QED) is 0.510. The van der Waals surface area contributed by atoms with Crippen molar-refractivity contribution in [2.24, 2.45) is 0 Å². The van der Waals surface area contributed by atoms with Crippen LogP contribution in [0.4, 0.5) is 0 Å². The lowest BCUT2D eigenvalue weighted by Gasteiger charge is -2.18. The number of thiazole rings is 1. The molecule has 146 valence electrons. The lowest BCUT2D eigenvalue weighted by molar-refractivity contribution is -0.151. The fraction of sp³-hybridized carbons (Fsp3) is 0.286. The SMILES string of the molecule is CCN(CC)C(=O)COC(=O)Cc1sc(-c2ccccc2)nc1-c1cccs1. The minimum atomic E-state index is -0.415. The number of hydrogen-bond acceptors (Lipinski definition) is 6. The molecule has 0 fully saturated rings. The van der Waals surface area contributed by atoms with Crippen LogP contribution in [0, 0.1) is 0 Å². The molecule has 0 atom stereocenters. The molecule has 0 aliphatic rings. The van der Waals surface area contributed by atoms with E-state index in [4.69, 9.17) is 9.72 Å². The van der Waals surface area contributed by atoms with Crippen molar-refractivity contribution in [2.45, 2.75) is 20.3 Å². The highest BCUT2D eigenvalue weighted by Crippen LogP contribution is 2.36. The number of amides is 1. The maximum atomic E-state index is 12.4. The zero-order chi connectivity index (χ0) is 19.9. The van der Waals surface area contributed by atoms with E-state index in [0.717, 1.165) is 26.0 Å². The summed E-state index contributed by atoms with van der Waals surface area (Å²) < 4.78 is 5.23. The first-order valence-corrected chi connectivity index (χ1v) is 10.8. The van der Waals surface area contributed by atoms with Gasteiger partial charge in [0, 0.05) is 23.5 Å². The van der Waals surface area contributed by atoms with E-state index < -0.39 is 5.97 Å². The van der Waals surface area contributed by atoms with Crippen molar-refractivity contribution >= 4 is 34.6 Å². The summed E-state index contributed by atoms with van der Waals surface area (Å²) in [6.45, 7) is 4.78. The summed E-state index contributed by atoms with van der Waals surface area (Å²) in [5.41, 5.74) is 1.83. The molecule has 1 aromatic carbocycles. The van der Waals surface area contributed by atoms with Gasteiger partial charge in [0.2, 0.25) is 0 Å². The van der Waals surface area contributed by atoms with E-state index in [1.807, 2.05) is 61.7 Å². The molecule has 5 nitrogen and oxygen atoms in total. The average Bonchev–Trinajstić information content (AvgIpc) is 3.38. The fourth-order valence-electron chi connectivity index (χ4n) is 2.77. The molecule has 0 saturated carbocycles. The molecule has 0 radical (unpaired) electrons. The first-order chi connectivity index (χ1) is 13.6. The summed E-state index contributed by atoms with van der Waals surface area (Å²) in [5.74, 6) is -0.590. The number of thiophene rings is 1. The number of hydrogen-bond donors (Lipinski definition) is 0. The Bertz CT molecular complexity index is 917. The van der Waals surface area contributed by atoms with Crippen molar-refractivity contribution in [3.8, 4) is 21.1 Å². The zero-order valence-electron chi connectivity index (χ0n) is 15.9. The molecule has 0 aliphatic heterocycles. The summed E-state index contributed by atoms with van der Waals surface area (Å²) >= 11 is 3.07. The topological polar surface area (TPSA) is 59.5 Å². The zero-order valence-corrected chi connectivity index (χ0v) is 17.5. The van der Waals surface area contributed by atoms with Crippen molar-refractivity contribution in [3.63, 3.8) is 0 Å². The summed E-state index contributed by atoms with van der Waals surface area (Å²) in [4.78, 5) is 32.7. The van der Waals surface area contributed by atoms with Crippen LogP contribution in [-0.2, 0) is 20.7 Å². The van der Waals surface area contributed by atoms with Gasteiger partial charge in [0.1, 0.15) is 5.01 Å². The number of esters is 1. The van der Waals surface area contributed by atoms with Gasteiger partial charge in [-0.3, -0.25) is 9.59 Å². The van der Waals surface area contributed by atoms with Gasteiger partial charge in [0.15, 0.2) is 6.61 Å². The molecule has 0 spiro atoms. The van der Waals surface area contributed by atoms with Gasteiger partial charge >= 0.3 is 5.97 Å². The van der Waals surface area contributed by atoms with Gasteiger partial charge in [0.25, 0.3) is 5.91 Å². The summed E-state index contributed by atoms with van der Waals surface area (Å²) in [6.07, 6.45) is 0.100.